The average molecular weight is 2000 g/mol. The Kier molecular flexibility index (Phi) is 28.5. The number of aromatic hydroxyl groups is 4. The third-order valence-electron chi connectivity index (χ3n) is 27.5. The van der Waals surface area contributed by atoms with Crippen molar-refractivity contribution in [2.45, 2.75) is 231 Å². The summed E-state index contributed by atoms with van der Waals surface area (Å²) in [6.45, 7) is 40.6. The number of fused-ring (bicyclic) bond motifs is 4. The minimum absolute atomic E-state index is 0.0592. The molecule has 7 aromatic carbocycles. The molecule has 0 aliphatic carbocycles. The Balaban J connectivity index is 0.000000121. The first-order chi connectivity index (χ1) is 66.1. The van der Waals surface area contributed by atoms with Crippen LogP contribution in [0.4, 0.5) is 25.5 Å². The van der Waals surface area contributed by atoms with E-state index in [4.69, 9.17) is 11.6 Å². The second-order valence-corrected chi connectivity index (χ2v) is 49.3. The number of aromatic amines is 1. The lowest BCUT2D eigenvalue weighted by atomic mass is 9.79. The summed E-state index contributed by atoms with van der Waals surface area (Å²) in [5.41, 5.74) is 7.95. The number of hydrogen-bond donors (Lipinski definition) is 10. The molecular weight excluding hydrogens is 1870 g/mol. The number of aryl methyl sites for hydroxylation is 1. The Morgan fingerprint density at radius 1 is 0.400 bits per heavy atom. The number of H-pyrrole nitrogens is 1. The first-order valence-corrected chi connectivity index (χ1v) is 52.5. The van der Waals surface area contributed by atoms with Gasteiger partial charge in [-0.05, 0) is 304 Å². The molecule has 6 aliphatic heterocycles. The predicted octanol–water partition coefficient (Wildman–Crippen LogP) is 21.1. The van der Waals surface area contributed by atoms with Gasteiger partial charge in [-0.25, -0.2) is 4.68 Å². The Morgan fingerprint density at radius 3 is 1.30 bits per heavy atom. The van der Waals surface area contributed by atoms with Crippen molar-refractivity contribution < 1.29 is 20.4 Å². The number of nitrogens with one attached hydrogen (secondary N) is 6. The van der Waals surface area contributed by atoms with Crippen LogP contribution in [0.2, 0.25) is 5.02 Å². The van der Waals surface area contributed by atoms with Gasteiger partial charge in [0.05, 0.1) is 38.6 Å². The molecule has 6 fully saturated rings. The van der Waals surface area contributed by atoms with E-state index in [1.165, 1.54) is 39.0 Å². The largest absolute Gasteiger partial charge is 0.508 e. The lowest BCUT2D eigenvalue weighted by Crippen LogP contribution is -2.61. The normalized spacial score (nSPS) is 19.5. The van der Waals surface area contributed by atoms with E-state index in [9.17, 15) is 25.2 Å². The molecular formula is C106H132ClN23O5S5. The molecule has 6 saturated heterocycles. The quantitative estimate of drug-likeness (QED) is 0.0430. The molecule has 0 amide bonds. The van der Waals surface area contributed by atoms with Gasteiger partial charge in [-0.2, -0.15) is 10.2 Å². The minimum atomic E-state index is -0.131. The molecule has 0 saturated carbocycles. The summed E-state index contributed by atoms with van der Waals surface area (Å²) in [5.74, 6) is 2.45. The van der Waals surface area contributed by atoms with Gasteiger partial charge in [-0.15, -0.1) is 52.1 Å². The summed E-state index contributed by atoms with van der Waals surface area (Å²) >= 11 is 14.5. The smallest absolute Gasteiger partial charge is 0.258 e. The fourth-order valence-corrected chi connectivity index (χ4v) is 27.2. The number of halogens is 1. The topological polar surface area (TPSA) is 329 Å². The molecule has 34 heteroatoms. The fourth-order valence-electron chi connectivity index (χ4n) is 22.2. The number of benzene rings is 7. The van der Waals surface area contributed by atoms with Crippen LogP contribution in [-0.2, 0) is 7.05 Å². The molecule has 0 bridgehead atoms. The monoisotopic (exact) mass is 2000 g/mol. The molecule has 0 unspecified atom stereocenters. The number of phenols is 4. The van der Waals surface area contributed by atoms with Crippen LogP contribution in [0.15, 0.2) is 181 Å². The van der Waals surface area contributed by atoms with Crippen molar-refractivity contribution in [2.24, 2.45) is 18.9 Å². The summed E-state index contributed by atoms with van der Waals surface area (Å²) in [6.07, 6.45) is 15.7. The zero-order valence-electron chi connectivity index (χ0n) is 83.9. The van der Waals surface area contributed by atoms with Gasteiger partial charge >= 0.3 is 0 Å². The lowest BCUT2D eigenvalue weighted by Gasteiger charge is -2.48. The SMILES string of the molecule is CN(c1nnc(-c2cc(-n3cccn3)ccc2O)s1)C1CC(C)(C)NC(C)(C)C1.CN(c1nnc(-c2cc3ccccc3[nH]c2=O)s1)C1CC(C)(C)NC(C)(C)C1.CN(c1nnc(-c2cc3ccccc3cc2O)s1)C1CC(C)(C)NC(C)(C)C1.CN(c1nnc(-c2ccc(-c3cnn(C)c3)cc2Cl)s1)C1CC(C)(C)NC(C)(C)C1.Oc1ccc2cc(-c3ccc(N4C[C@H]5CNC[C@H]5C4)s3)c(O)cc2c1. The molecule has 738 valence electrons. The highest BCUT2D eigenvalue weighted by atomic mass is 35.5. The van der Waals surface area contributed by atoms with Crippen LogP contribution in [-0.4, -0.2) is 209 Å². The molecule has 0 spiro atoms. The van der Waals surface area contributed by atoms with Gasteiger partial charge in [0, 0.05) is 176 Å². The minimum Gasteiger partial charge on any atom is -0.508 e. The van der Waals surface area contributed by atoms with Crippen LogP contribution in [0.5, 0.6) is 23.0 Å². The van der Waals surface area contributed by atoms with Crippen LogP contribution in [0, 0.1) is 11.8 Å². The molecule has 6 aliphatic rings. The van der Waals surface area contributed by atoms with Crippen LogP contribution in [0.3, 0.4) is 0 Å². The third kappa shape index (κ3) is 23.5. The molecule has 10 N–H and O–H groups in total. The molecule has 15 aromatic rings. The molecule has 21 rings (SSSR count). The maximum atomic E-state index is 12.5. The van der Waals surface area contributed by atoms with Gasteiger partial charge in [0.25, 0.3) is 5.56 Å². The average Bonchev–Trinajstić information content (AvgIpc) is 1.65. The third-order valence-corrected chi connectivity index (χ3v) is 33.2. The summed E-state index contributed by atoms with van der Waals surface area (Å²) in [7, 11) is 10.3. The fraction of sp³-hybridized carbons (Fsp3) is 0.443. The van der Waals surface area contributed by atoms with E-state index < -0.39 is 0 Å². The number of thiophene rings is 1. The number of para-hydroxylation sites is 1. The van der Waals surface area contributed by atoms with E-state index >= 15 is 0 Å². The van der Waals surface area contributed by atoms with Crippen LogP contribution in [0.25, 0.3) is 102 Å². The Labute approximate surface area is 845 Å². The number of phenolic OH excluding ortho intramolecular Hbond substituents is 4. The van der Waals surface area contributed by atoms with Crippen molar-refractivity contribution in [3.05, 3.63) is 192 Å². The van der Waals surface area contributed by atoms with Crippen LogP contribution >= 0.6 is 68.3 Å². The van der Waals surface area contributed by atoms with Crippen molar-refractivity contribution in [3.63, 3.8) is 0 Å². The maximum absolute atomic E-state index is 12.5. The molecule has 140 heavy (non-hydrogen) atoms. The van der Waals surface area contributed by atoms with Crippen molar-refractivity contribution in [1.29, 1.82) is 0 Å². The van der Waals surface area contributed by atoms with E-state index in [1.807, 2.05) is 129 Å². The van der Waals surface area contributed by atoms with E-state index in [0.29, 0.717) is 50.3 Å². The Morgan fingerprint density at radius 2 is 0.829 bits per heavy atom. The summed E-state index contributed by atoms with van der Waals surface area (Å²) in [4.78, 5) is 28.0. The zero-order chi connectivity index (χ0) is 99.7. The predicted molar refractivity (Wildman–Crippen MR) is 578 cm³/mol. The molecule has 2 atom stereocenters. The summed E-state index contributed by atoms with van der Waals surface area (Å²) in [5, 5.41) is 117. The highest BCUT2D eigenvalue weighted by Crippen LogP contribution is 2.48. The van der Waals surface area contributed by atoms with Crippen LogP contribution in [0.1, 0.15) is 162 Å². The van der Waals surface area contributed by atoms with E-state index in [-0.39, 0.29) is 72.9 Å². The number of nitrogens with zero attached hydrogens (tertiary/aromatic N) is 17. The van der Waals surface area contributed by atoms with Gasteiger partial charge in [0.1, 0.15) is 23.0 Å². The first-order valence-electron chi connectivity index (χ1n) is 48.0. The van der Waals surface area contributed by atoms with Gasteiger partial charge in [0.15, 0.2) is 20.0 Å². The number of rotatable bonds is 16. The number of piperidine rings is 4. The van der Waals surface area contributed by atoms with Crippen molar-refractivity contribution in [1.82, 2.24) is 91.9 Å². The summed E-state index contributed by atoms with van der Waals surface area (Å²) in [6, 6.07) is 49.6. The lowest BCUT2D eigenvalue weighted by molar-refractivity contribution is 0.160. The van der Waals surface area contributed by atoms with Crippen molar-refractivity contribution in [3.8, 4) is 92.5 Å². The second-order valence-electron chi connectivity index (χ2n) is 44.0. The van der Waals surface area contributed by atoms with Gasteiger partial charge in [-0.3, -0.25) is 9.48 Å². The van der Waals surface area contributed by atoms with E-state index in [2.05, 4.69) is 264 Å². The van der Waals surface area contributed by atoms with Gasteiger partial charge < -0.3 is 76.5 Å². The standard InChI is InChI=1S/C22H29ClN6S.C22H28N4OS.C21H28N6OS.C21H27N5OS.C20H20N2O2S/c1-21(2)10-16(11-22(3,4)27-21)29(6)20-26-25-19(30-20)17-8-7-14(9-18(17)23)15-12-24-28(5)13-15;1-21(2)12-16(13-22(3,4)25-21)26(5)20-24-23-19(28-20)17-10-14-8-6-7-9-15(14)11-18(17)27;1-20(2)12-15(13-21(3,4)25-20)26(5)19-24-23-18(29-19)16-11-14(7-8-17(16)28)27-10-6-9-22-27;1-20(2)11-14(12-21(3,4)25-20)26(5)19-24-23-18(28-19)15-10-13-8-6-7-9-16(13)22-17(15)27;23-16-2-1-12-6-17(18(24)7-13(12)5-16)19-3-4-20(25-19)22-10-14-8-21-9-15(14)11-22/h7-9,12-13,16,27H,10-11H2,1-6H3;6-11,16,25,27H,12-13H2,1-5H3;6-11,15,25,28H,12-13H2,1-5H3;6-10,14,25H,11-12H2,1-5H3,(H,22,27);1-7,14-15,21,23-24H,8-11H2/t;;;;14-,15+. The zero-order valence-corrected chi connectivity index (χ0v) is 88.7. The number of aromatic nitrogens is 13. The van der Waals surface area contributed by atoms with Crippen LogP contribution < -0.4 is 56.6 Å². The molecule has 28 nitrogen and oxygen atoms in total. The van der Waals surface area contributed by atoms with Crippen molar-refractivity contribution in [2.75, 3.05) is 78.9 Å². The number of hydrogen-bond acceptors (Lipinski definition) is 30. The maximum Gasteiger partial charge on any atom is 0.258 e. The van der Waals surface area contributed by atoms with Gasteiger partial charge in [0.2, 0.25) is 20.5 Å². The second kappa shape index (κ2) is 39.7. The van der Waals surface area contributed by atoms with E-state index in [0.717, 1.165) is 191 Å². The highest BCUT2D eigenvalue weighted by Gasteiger charge is 2.45. The Bertz CT molecular complexity index is 6910. The summed E-state index contributed by atoms with van der Waals surface area (Å²) < 4.78 is 3.55. The molecule has 14 heterocycles. The van der Waals surface area contributed by atoms with Crippen molar-refractivity contribution >= 4 is 126 Å². The Hall–Kier alpha value is -11.1. The van der Waals surface area contributed by atoms with Gasteiger partial charge in [-0.1, -0.05) is 112 Å². The number of pyridine rings is 1. The van der Waals surface area contributed by atoms with E-state index in [1.54, 1.807) is 68.6 Å². The highest BCUT2D eigenvalue weighted by molar-refractivity contribution is 7.20. The number of anilines is 5. The molecule has 0 radical (unpaired) electrons. The first kappa shape index (κ1) is 100. The molecule has 8 aromatic heterocycles.